The Morgan fingerprint density at radius 2 is 1.68 bits per heavy atom. The minimum absolute atomic E-state index is 0.0596. The van der Waals surface area contributed by atoms with Gasteiger partial charge in [0.25, 0.3) is 11.6 Å². The summed E-state index contributed by atoms with van der Waals surface area (Å²) in [6, 6.07) is 18.4. The average molecular weight is 459 g/mol. The van der Waals surface area contributed by atoms with Crippen molar-refractivity contribution >= 4 is 28.2 Å². The summed E-state index contributed by atoms with van der Waals surface area (Å²) in [5.74, 6) is 0.898. The summed E-state index contributed by atoms with van der Waals surface area (Å²) in [5.41, 5.74) is 1.96. The number of carbonyl (C=O) groups excluding carboxylic acids is 1. The number of para-hydroxylation sites is 1. The van der Waals surface area contributed by atoms with Crippen molar-refractivity contribution in [1.29, 1.82) is 0 Å². The molecule has 9 nitrogen and oxygen atoms in total. The fourth-order valence-corrected chi connectivity index (χ4v) is 3.59. The molecule has 0 unspecified atom stereocenters. The van der Waals surface area contributed by atoms with Gasteiger partial charge in [0.1, 0.15) is 11.4 Å². The van der Waals surface area contributed by atoms with Gasteiger partial charge in [-0.05, 0) is 42.5 Å². The van der Waals surface area contributed by atoms with Crippen LogP contribution < -0.4 is 19.5 Å². The van der Waals surface area contributed by atoms with Crippen molar-refractivity contribution in [1.82, 2.24) is 4.98 Å². The van der Waals surface area contributed by atoms with Crippen LogP contribution in [-0.2, 0) is 0 Å². The molecule has 0 aliphatic carbocycles. The van der Waals surface area contributed by atoms with Gasteiger partial charge in [0.05, 0.1) is 49.1 Å². The second-order valence-electron chi connectivity index (χ2n) is 7.24. The third kappa shape index (κ3) is 4.31. The van der Waals surface area contributed by atoms with Crippen molar-refractivity contribution in [3.63, 3.8) is 0 Å². The topological polar surface area (TPSA) is 113 Å². The Balaban J connectivity index is 1.80. The maximum absolute atomic E-state index is 13.3. The molecule has 0 spiro atoms. The van der Waals surface area contributed by atoms with Crippen molar-refractivity contribution in [3.05, 3.63) is 82.4 Å². The Morgan fingerprint density at radius 1 is 0.912 bits per heavy atom. The molecule has 4 rings (SSSR count). The number of pyridine rings is 1. The summed E-state index contributed by atoms with van der Waals surface area (Å²) in [4.78, 5) is 29.0. The molecular formula is C25H21N3O6. The number of nitro groups is 1. The Labute approximate surface area is 195 Å². The van der Waals surface area contributed by atoms with Crippen molar-refractivity contribution in [2.75, 3.05) is 26.6 Å². The van der Waals surface area contributed by atoms with Crippen LogP contribution >= 0.6 is 0 Å². The number of carbonyl (C=O) groups is 1. The first-order valence-corrected chi connectivity index (χ1v) is 10.2. The molecule has 0 saturated carbocycles. The molecule has 3 aromatic carbocycles. The molecule has 0 bridgehead atoms. The first kappa shape index (κ1) is 22.5. The summed E-state index contributed by atoms with van der Waals surface area (Å²) in [5, 5.41) is 14.8. The Bertz CT molecular complexity index is 1400. The van der Waals surface area contributed by atoms with Gasteiger partial charge < -0.3 is 19.5 Å². The van der Waals surface area contributed by atoms with Crippen LogP contribution in [-0.4, -0.2) is 37.1 Å². The maximum atomic E-state index is 13.3. The van der Waals surface area contributed by atoms with Gasteiger partial charge in [-0.3, -0.25) is 14.9 Å². The quantitative estimate of drug-likeness (QED) is 0.303. The van der Waals surface area contributed by atoms with Crippen molar-refractivity contribution < 1.29 is 23.9 Å². The van der Waals surface area contributed by atoms with E-state index < -0.39 is 10.8 Å². The summed E-state index contributed by atoms with van der Waals surface area (Å²) in [6.45, 7) is 0. The highest BCUT2D eigenvalue weighted by Gasteiger charge is 2.20. The monoisotopic (exact) mass is 459 g/mol. The lowest BCUT2D eigenvalue weighted by Gasteiger charge is -2.13. The zero-order valence-electron chi connectivity index (χ0n) is 18.7. The van der Waals surface area contributed by atoms with Crippen LogP contribution in [0.4, 0.5) is 11.4 Å². The largest absolute Gasteiger partial charge is 0.496 e. The molecule has 0 radical (unpaired) electrons. The van der Waals surface area contributed by atoms with E-state index in [-0.39, 0.29) is 11.4 Å². The van der Waals surface area contributed by atoms with E-state index in [0.717, 1.165) is 0 Å². The minimum atomic E-state index is -0.572. The van der Waals surface area contributed by atoms with E-state index in [1.807, 2.05) is 12.1 Å². The molecule has 9 heteroatoms. The smallest absolute Gasteiger partial charge is 0.296 e. The van der Waals surface area contributed by atoms with E-state index >= 15 is 0 Å². The summed E-state index contributed by atoms with van der Waals surface area (Å²) >= 11 is 0. The van der Waals surface area contributed by atoms with Gasteiger partial charge in [0.15, 0.2) is 11.5 Å². The standard InChI is InChI=1S/C25H21N3O6/c1-32-16-9-10-20(22(13-16)28(30)31)27-25(29)18-14-21(26-19-7-5-4-6-17(18)19)15-8-11-23(33-2)24(12-15)34-3/h4-14H,1-3H3,(H,27,29). The number of fused-ring (bicyclic) bond motifs is 1. The third-order valence-corrected chi connectivity index (χ3v) is 5.29. The summed E-state index contributed by atoms with van der Waals surface area (Å²) in [7, 11) is 4.50. The molecule has 172 valence electrons. The Kier molecular flexibility index (Phi) is 6.26. The highest BCUT2D eigenvalue weighted by atomic mass is 16.6. The predicted molar refractivity (Wildman–Crippen MR) is 128 cm³/mol. The van der Waals surface area contributed by atoms with Crippen LogP contribution in [0.3, 0.4) is 0 Å². The molecule has 1 heterocycles. The van der Waals surface area contributed by atoms with Crippen LogP contribution in [0.2, 0.25) is 0 Å². The lowest BCUT2D eigenvalue weighted by molar-refractivity contribution is -0.384. The molecule has 0 aliphatic heterocycles. The predicted octanol–water partition coefficient (Wildman–Crippen LogP) is 5.09. The fraction of sp³-hybridized carbons (Fsp3) is 0.120. The van der Waals surface area contributed by atoms with E-state index in [1.54, 1.807) is 49.6 Å². The molecule has 34 heavy (non-hydrogen) atoms. The number of ether oxygens (including phenoxy) is 3. The number of methoxy groups -OCH3 is 3. The second-order valence-corrected chi connectivity index (χ2v) is 7.24. The number of nitrogens with one attached hydrogen (secondary N) is 1. The molecular weight excluding hydrogens is 438 g/mol. The van der Waals surface area contributed by atoms with Crippen LogP contribution in [0, 0.1) is 10.1 Å². The molecule has 0 atom stereocenters. The normalized spacial score (nSPS) is 10.6. The lowest BCUT2D eigenvalue weighted by Crippen LogP contribution is -2.14. The van der Waals surface area contributed by atoms with E-state index in [0.29, 0.717) is 45.0 Å². The Hall–Kier alpha value is -4.66. The lowest BCUT2D eigenvalue weighted by atomic mass is 10.0. The fourth-order valence-electron chi connectivity index (χ4n) is 3.59. The SMILES string of the molecule is COc1ccc(NC(=O)c2cc(-c3ccc(OC)c(OC)c3)nc3ccccc23)c([N+](=O)[O-])c1. The summed E-state index contributed by atoms with van der Waals surface area (Å²) < 4.78 is 15.8. The van der Waals surface area contributed by atoms with E-state index in [4.69, 9.17) is 19.2 Å². The number of benzene rings is 3. The molecule has 4 aromatic rings. The van der Waals surface area contributed by atoms with Gasteiger partial charge in [-0.15, -0.1) is 0 Å². The molecule has 1 N–H and O–H groups in total. The van der Waals surface area contributed by atoms with Gasteiger partial charge in [0, 0.05) is 10.9 Å². The van der Waals surface area contributed by atoms with Crippen molar-refractivity contribution in [3.8, 4) is 28.5 Å². The van der Waals surface area contributed by atoms with Gasteiger partial charge in [-0.1, -0.05) is 18.2 Å². The Morgan fingerprint density at radius 3 is 2.38 bits per heavy atom. The summed E-state index contributed by atoms with van der Waals surface area (Å²) in [6.07, 6.45) is 0. The highest BCUT2D eigenvalue weighted by molar-refractivity contribution is 6.13. The van der Waals surface area contributed by atoms with Crippen LogP contribution in [0.5, 0.6) is 17.2 Å². The van der Waals surface area contributed by atoms with Crippen LogP contribution in [0.1, 0.15) is 10.4 Å². The maximum Gasteiger partial charge on any atom is 0.296 e. The molecule has 0 saturated heterocycles. The van der Waals surface area contributed by atoms with Crippen molar-refractivity contribution in [2.24, 2.45) is 0 Å². The number of nitro benzene ring substituents is 1. The zero-order chi connectivity index (χ0) is 24.2. The van der Waals surface area contributed by atoms with Crippen LogP contribution in [0.15, 0.2) is 66.7 Å². The number of hydrogen-bond donors (Lipinski definition) is 1. The highest BCUT2D eigenvalue weighted by Crippen LogP contribution is 2.34. The van der Waals surface area contributed by atoms with Gasteiger partial charge in [-0.25, -0.2) is 4.98 Å². The number of nitrogens with zero attached hydrogens (tertiary/aromatic N) is 2. The number of anilines is 1. The minimum Gasteiger partial charge on any atom is -0.496 e. The first-order chi connectivity index (χ1) is 16.4. The second kappa shape index (κ2) is 9.45. The number of hydrogen-bond acceptors (Lipinski definition) is 7. The van der Waals surface area contributed by atoms with Gasteiger partial charge in [-0.2, -0.15) is 0 Å². The molecule has 0 fully saturated rings. The van der Waals surface area contributed by atoms with Crippen LogP contribution in [0.25, 0.3) is 22.2 Å². The first-order valence-electron chi connectivity index (χ1n) is 10.2. The zero-order valence-corrected chi connectivity index (χ0v) is 18.7. The van der Waals surface area contributed by atoms with E-state index in [9.17, 15) is 14.9 Å². The van der Waals surface area contributed by atoms with Crippen molar-refractivity contribution in [2.45, 2.75) is 0 Å². The molecule has 1 amide bonds. The third-order valence-electron chi connectivity index (χ3n) is 5.29. The van der Waals surface area contributed by atoms with Gasteiger partial charge >= 0.3 is 0 Å². The number of rotatable bonds is 7. The molecule has 1 aromatic heterocycles. The number of aromatic nitrogens is 1. The molecule has 0 aliphatic rings. The van der Waals surface area contributed by atoms with E-state index in [2.05, 4.69) is 5.32 Å². The van der Waals surface area contributed by atoms with Gasteiger partial charge in [0.2, 0.25) is 0 Å². The number of amides is 1. The van der Waals surface area contributed by atoms with E-state index in [1.165, 1.54) is 26.4 Å². The average Bonchev–Trinajstić information content (AvgIpc) is 2.87.